The minimum atomic E-state index is -3.50. The van der Waals surface area contributed by atoms with Crippen LogP contribution in [0.2, 0.25) is 0 Å². The lowest BCUT2D eigenvalue weighted by Crippen LogP contribution is -2.26. The fraction of sp³-hybridized carbons (Fsp3) is 0.286. The molecule has 5 nitrogen and oxygen atoms in total. The van der Waals surface area contributed by atoms with Gasteiger partial charge in [0.15, 0.2) is 0 Å². The van der Waals surface area contributed by atoms with E-state index in [4.69, 9.17) is 10.5 Å². The van der Waals surface area contributed by atoms with Gasteiger partial charge in [-0.3, -0.25) is 4.31 Å². The maximum absolute atomic E-state index is 12.4. The zero-order valence-corrected chi connectivity index (χ0v) is 13.5. The highest BCUT2D eigenvalue weighted by Crippen LogP contribution is 2.26. The SMILES string of the molecule is CC(CN)Oc1ccc(N(C)S(=O)(=O)c2cccs2)cc1. The van der Waals surface area contributed by atoms with Crippen LogP contribution in [0.3, 0.4) is 0 Å². The molecule has 0 aliphatic heterocycles. The van der Waals surface area contributed by atoms with Crippen LogP contribution in [0.15, 0.2) is 46.0 Å². The van der Waals surface area contributed by atoms with E-state index in [-0.39, 0.29) is 6.10 Å². The molecule has 2 N–H and O–H groups in total. The second kappa shape index (κ2) is 6.46. The van der Waals surface area contributed by atoms with Gasteiger partial charge in [0, 0.05) is 13.6 Å². The number of benzene rings is 1. The second-order valence-electron chi connectivity index (χ2n) is 4.56. The zero-order valence-electron chi connectivity index (χ0n) is 11.9. The summed E-state index contributed by atoms with van der Waals surface area (Å²) in [7, 11) is -1.96. The van der Waals surface area contributed by atoms with Crippen LogP contribution in [0.25, 0.3) is 0 Å². The van der Waals surface area contributed by atoms with Gasteiger partial charge >= 0.3 is 0 Å². The molecule has 1 heterocycles. The van der Waals surface area contributed by atoms with E-state index in [2.05, 4.69) is 0 Å². The van der Waals surface area contributed by atoms with E-state index in [0.717, 1.165) is 0 Å². The summed E-state index contributed by atoms with van der Waals surface area (Å²) in [5.41, 5.74) is 6.08. The van der Waals surface area contributed by atoms with Crippen molar-refractivity contribution in [3.05, 3.63) is 41.8 Å². The van der Waals surface area contributed by atoms with Crippen LogP contribution in [0.4, 0.5) is 5.69 Å². The van der Waals surface area contributed by atoms with E-state index in [9.17, 15) is 8.42 Å². The molecule has 0 radical (unpaired) electrons. The van der Waals surface area contributed by atoms with Crippen molar-refractivity contribution in [1.82, 2.24) is 0 Å². The second-order valence-corrected chi connectivity index (χ2v) is 7.71. The van der Waals surface area contributed by atoms with E-state index < -0.39 is 10.0 Å². The number of sulfonamides is 1. The molecular weight excluding hydrogens is 308 g/mol. The molecule has 1 unspecified atom stereocenters. The first-order valence-corrected chi connectivity index (χ1v) is 8.76. The number of anilines is 1. The highest BCUT2D eigenvalue weighted by atomic mass is 32.2. The molecule has 0 aliphatic rings. The van der Waals surface area contributed by atoms with Gasteiger partial charge in [0.25, 0.3) is 10.0 Å². The Bertz CT molecular complexity index is 667. The van der Waals surface area contributed by atoms with E-state index in [1.165, 1.54) is 22.7 Å². The minimum absolute atomic E-state index is 0.0802. The van der Waals surface area contributed by atoms with Crippen LogP contribution < -0.4 is 14.8 Å². The Morgan fingerprint density at radius 1 is 1.29 bits per heavy atom. The molecule has 0 fully saturated rings. The predicted octanol–water partition coefficient (Wildman–Crippen LogP) is 2.30. The highest BCUT2D eigenvalue weighted by Gasteiger charge is 2.22. The largest absolute Gasteiger partial charge is 0.489 e. The van der Waals surface area contributed by atoms with Crippen LogP contribution in [-0.2, 0) is 10.0 Å². The monoisotopic (exact) mass is 326 g/mol. The number of hydrogen-bond donors (Lipinski definition) is 1. The normalized spacial score (nSPS) is 12.9. The summed E-state index contributed by atoms with van der Waals surface area (Å²) in [4.78, 5) is 0. The van der Waals surface area contributed by atoms with Crippen LogP contribution in [0.1, 0.15) is 6.92 Å². The Morgan fingerprint density at radius 3 is 2.48 bits per heavy atom. The van der Waals surface area contributed by atoms with E-state index in [1.54, 1.807) is 41.8 Å². The van der Waals surface area contributed by atoms with Crippen LogP contribution >= 0.6 is 11.3 Å². The van der Waals surface area contributed by atoms with Gasteiger partial charge in [-0.05, 0) is 42.6 Å². The summed E-state index contributed by atoms with van der Waals surface area (Å²) in [6.45, 7) is 2.30. The Kier molecular flexibility index (Phi) is 4.87. The Labute approximate surface area is 129 Å². The molecule has 114 valence electrons. The van der Waals surface area contributed by atoms with Gasteiger partial charge in [0.2, 0.25) is 0 Å². The molecule has 21 heavy (non-hydrogen) atoms. The van der Waals surface area contributed by atoms with Gasteiger partial charge in [-0.15, -0.1) is 11.3 Å². The van der Waals surface area contributed by atoms with Crippen molar-refractivity contribution in [1.29, 1.82) is 0 Å². The summed E-state index contributed by atoms with van der Waals surface area (Å²) in [6.07, 6.45) is -0.0802. The third-order valence-electron chi connectivity index (χ3n) is 2.98. The topological polar surface area (TPSA) is 72.6 Å². The lowest BCUT2D eigenvalue weighted by molar-refractivity contribution is 0.230. The van der Waals surface area contributed by atoms with Gasteiger partial charge in [-0.1, -0.05) is 6.07 Å². The first-order chi connectivity index (χ1) is 9.95. The first kappa shape index (κ1) is 15.8. The molecule has 0 saturated carbocycles. The van der Waals surface area contributed by atoms with Crippen molar-refractivity contribution in [2.75, 3.05) is 17.9 Å². The van der Waals surface area contributed by atoms with E-state index in [0.29, 0.717) is 22.2 Å². The molecule has 0 spiro atoms. The molecular formula is C14H18N2O3S2. The van der Waals surface area contributed by atoms with Crippen molar-refractivity contribution < 1.29 is 13.2 Å². The Hall–Kier alpha value is -1.57. The molecule has 0 aliphatic carbocycles. The number of ether oxygens (including phenoxy) is 1. The number of hydrogen-bond acceptors (Lipinski definition) is 5. The Morgan fingerprint density at radius 2 is 1.95 bits per heavy atom. The predicted molar refractivity (Wildman–Crippen MR) is 85.5 cm³/mol. The highest BCUT2D eigenvalue weighted by molar-refractivity contribution is 7.94. The molecule has 1 aromatic heterocycles. The molecule has 0 bridgehead atoms. The minimum Gasteiger partial charge on any atom is -0.489 e. The zero-order chi connectivity index (χ0) is 15.5. The Balaban J connectivity index is 2.19. The molecule has 2 rings (SSSR count). The number of thiophene rings is 1. The summed E-state index contributed by atoms with van der Waals surface area (Å²) < 4.78 is 31.9. The van der Waals surface area contributed by atoms with Gasteiger partial charge in [0.05, 0.1) is 5.69 Å². The fourth-order valence-electron chi connectivity index (χ4n) is 1.70. The van der Waals surface area contributed by atoms with Crippen LogP contribution in [0, 0.1) is 0 Å². The average Bonchev–Trinajstić information content (AvgIpc) is 3.02. The average molecular weight is 326 g/mol. The fourth-order valence-corrected chi connectivity index (χ4v) is 4.06. The van der Waals surface area contributed by atoms with Gasteiger partial charge in [0.1, 0.15) is 16.1 Å². The van der Waals surface area contributed by atoms with Crippen molar-refractivity contribution in [2.45, 2.75) is 17.2 Å². The lowest BCUT2D eigenvalue weighted by Gasteiger charge is -2.19. The summed E-state index contributed by atoms with van der Waals surface area (Å²) in [5, 5.41) is 1.74. The smallest absolute Gasteiger partial charge is 0.273 e. The quantitative estimate of drug-likeness (QED) is 0.884. The third kappa shape index (κ3) is 3.55. The molecule has 7 heteroatoms. The summed E-state index contributed by atoms with van der Waals surface area (Å²) >= 11 is 1.20. The molecule has 1 aromatic carbocycles. The summed E-state index contributed by atoms with van der Waals surface area (Å²) in [5.74, 6) is 0.665. The van der Waals surface area contributed by atoms with Crippen molar-refractivity contribution in [2.24, 2.45) is 5.73 Å². The van der Waals surface area contributed by atoms with E-state index in [1.807, 2.05) is 6.92 Å². The van der Waals surface area contributed by atoms with Gasteiger partial charge in [-0.2, -0.15) is 0 Å². The van der Waals surface area contributed by atoms with Crippen molar-refractivity contribution in [3.63, 3.8) is 0 Å². The standard InChI is InChI=1S/C14H18N2O3S2/c1-11(10-15)19-13-7-5-12(6-8-13)16(2)21(17,18)14-4-3-9-20-14/h3-9,11H,10,15H2,1-2H3. The number of nitrogens with two attached hydrogens (primary N) is 1. The van der Waals surface area contributed by atoms with Gasteiger partial charge < -0.3 is 10.5 Å². The first-order valence-electron chi connectivity index (χ1n) is 6.44. The van der Waals surface area contributed by atoms with Crippen LogP contribution in [-0.4, -0.2) is 28.1 Å². The number of nitrogens with zero attached hydrogens (tertiary/aromatic N) is 1. The van der Waals surface area contributed by atoms with Crippen molar-refractivity contribution >= 4 is 27.0 Å². The summed E-state index contributed by atoms with van der Waals surface area (Å²) in [6, 6.07) is 10.2. The van der Waals surface area contributed by atoms with Crippen LogP contribution in [0.5, 0.6) is 5.75 Å². The maximum atomic E-state index is 12.4. The molecule has 0 amide bonds. The third-order valence-corrected chi connectivity index (χ3v) is 6.14. The van der Waals surface area contributed by atoms with Crippen molar-refractivity contribution in [3.8, 4) is 5.75 Å². The van der Waals surface area contributed by atoms with Gasteiger partial charge in [-0.25, -0.2) is 8.42 Å². The lowest BCUT2D eigenvalue weighted by atomic mass is 10.3. The van der Waals surface area contributed by atoms with E-state index >= 15 is 0 Å². The maximum Gasteiger partial charge on any atom is 0.273 e. The molecule has 2 aromatic rings. The number of rotatable bonds is 6. The molecule has 1 atom stereocenters. The molecule has 0 saturated heterocycles.